The molecule has 0 bridgehead atoms. The van der Waals surface area contributed by atoms with Gasteiger partial charge in [-0.05, 0) is 36.6 Å². The molecule has 0 radical (unpaired) electrons. The number of carbonyl (C=O) groups excluding carboxylic acids is 1. The third-order valence-electron chi connectivity index (χ3n) is 5.22. The number of likely N-dealkylation sites (N-methyl/N-ethyl adjacent to an activating group) is 1. The molecule has 1 heterocycles. The van der Waals surface area contributed by atoms with Gasteiger partial charge >= 0.3 is 6.03 Å². The number of rotatable bonds is 8. The van der Waals surface area contributed by atoms with Gasteiger partial charge in [-0.25, -0.2) is 4.79 Å². The van der Waals surface area contributed by atoms with Crippen molar-refractivity contribution < 1.29 is 14.6 Å². The highest BCUT2D eigenvalue weighted by atomic mass is 16.5. The Balaban J connectivity index is 1.48. The minimum Gasteiger partial charge on any atom is -0.387 e. The van der Waals surface area contributed by atoms with Gasteiger partial charge in [0.1, 0.15) is 0 Å². The van der Waals surface area contributed by atoms with Crippen molar-refractivity contribution in [3.8, 4) is 0 Å². The molecule has 1 fully saturated rings. The van der Waals surface area contributed by atoms with Crippen LogP contribution in [0.4, 0.5) is 10.5 Å². The van der Waals surface area contributed by atoms with E-state index in [0.717, 1.165) is 24.3 Å². The molecule has 156 valence electrons. The van der Waals surface area contributed by atoms with Gasteiger partial charge < -0.3 is 20.1 Å². The molecule has 29 heavy (non-hydrogen) atoms. The maximum Gasteiger partial charge on any atom is 0.321 e. The summed E-state index contributed by atoms with van der Waals surface area (Å²) in [4.78, 5) is 16.3. The van der Waals surface area contributed by atoms with E-state index >= 15 is 0 Å². The normalized spacial score (nSPS) is 19.3. The Kier molecular flexibility index (Phi) is 7.25. The predicted molar refractivity (Wildman–Crippen MR) is 115 cm³/mol. The van der Waals surface area contributed by atoms with E-state index in [0.29, 0.717) is 32.7 Å². The van der Waals surface area contributed by atoms with Crippen LogP contribution in [-0.2, 0) is 17.9 Å². The number of hydrogen-bond acceptors (Lipinski definition) is 4. The molecule has 6 nitrogen and oxygen atoms in total. The Labute approximate surface area is 173 Å². The van der Waals surface area contributed by atoms with Gasteiger partial charge in [0.05, 0.1) is 18.8 Å². The van der Waals surface area contributed by atoms with Crippen LogP contribution in [0.25, 0.3) is 0 Å². The highest BCUT2D eigenvalue weighted by Gasteiger charge is 2.37. The second kappa shape index (κ2) is 9.87. The van der Waals surface area contributed by atoms with Crippen LogP contribution >= 0.6 is 0 Å². The maximum atomic E-state index is 12.5. The molecule has 2 aromatic carbocycles. The van der Waals surface area contributed by atoms with Crippen LogP contribution in [0.3, 0.4) is 0 Å². The molecule has 0 saturated carbocycles. The molecule has 2 N–H and O–H groups in total. The molecule has 0 spiro atoms. The third-order valence-corrected chi connectivity index (χ3v) is 5.22. The predicted octanol–water partition coefficient (Wildman–Crippen LogP) is 3.32. The van der Waals surface area contributed by atoms with Gasteiger partial charge in [-0.3, -0.25) is 4.90 Å². The summed E-state index contributed by atoms with van der Waals surface area (Å²) in [5, 5.41) is 13.9. The smallest absolute Gasteiger partial charge is 0.321 e. The summed E-state index contributed by atoms with van der Waals surface area (Å²) >= 11 is 0. The summed E-state index contributed by atoms with van der Waals surface area (Å²) < 4.78 is 5.38. The van der Waals surface area contributed by atoms with Crippen molar-refractivity contribution in [3.05, 3.63) is 65.7 Å². The van der Waals surface area contributed by atoms with E-state index < -0.39 is 5.60 Å². The number of nitrogens with one attached hydrogen (secondary N) is 1. The fraction of sp³-hybridized carbons (Fsp3) is 0.435. The van der Waals surface area contributed by atoms with Crippen molar-refractivity contribution in [1.29, 1.82) is 0 Å². The lowest BCUT2D eigenvalue weighted by atomic mass is 10.0. The third kappa shape index (κ3) is 6.29. The maximum absolute atomic E-state index is 12.5. The Bertz CT molecular complexity index is 782. The zero-order chi connectivity index (χ0) is 20.7. The van der Waals surface area contributed by atoms with Crippen LogP contribution in [-0.4, -0.2) is 59.8 Å². The van der Waals surface area contributed by atoms with Gasteiger partial charge in [0.15, 0.2) is 0 Å². The lowest BCUT2D eigenvalue weighted by Crippen LogP contribution is -2.46. The molecule has 2 aromatic rings. The molecule has 1 saturated heterocycles. The quantitative estimate of drug-likeness (QED) is 0.717. The number of likely N-dealkylation sites (tertiary alicyclic amines) is 1. The van der Waals surface area contributed by atoms with E-state index in [4.69, 9.17) is 4.74 Å². The molecule has 1 aliphatic rings. The number of nitrogens with zero attached hydrogens (tertiary/aromatic N) is 2. The fourth-order valence-electron chi connectivity index (χ4n) is 3.68. The molecule has 1 atom stereocenters. The van der Waals surface area contributed by atoms with Crippen molar-refractivity contribution >= 4 is 11.7 Å². The minimum absolute atomic E-state index is 0.225. The van der Waals surface area contributed by atoms with E-state index in [9.17, 15) is 9.90 Å². The molecule has 3 rings (SSSR count). The lowest BCUT2D eigenvalue weighted by molar-refractivity contribution is 0.0275. The monoisotopic (exact) mass is 397 g/mol. The zero-order valence-corrected chi connectivity index (χ0v) is 17.3. The molecule has 0 aliphatic carbocycles. The summed E-state index contributed by atoms with van der Waals surface area (Å²) in [6, 6.07) is 17.6. The Morgan fingerprint density at radius 2 is 1.90 bits per heavy atom. The minimum atomic E-state index is -0.887. The van der Waals surface area contributed by atoms with Crippen molar-refractivity contribution in [3.63, 3.8) is 0 Å². The van der Waals surface area contributed by atoms with Gasteiger partial charge in [0, 0.05) is 39.0 Å². The van der Waals surface area contributed by atoms with Crippen molar-refractivity contribution in [2.75, 3.05) is 38.6 Å². The summed E-state index contributed by atoms with van der Waals surface area (Å²) in [6.07, 6.45) is 0.656. The average Bonchev–Trinajstić information content (AvgIpc) is 3.08. The first kappa shape index (κ1) is 21.3. The Morgan fingerprint density at radius 3 is 2.59 bits per heavy atom. The standard InChI is InChI=1S/C23H31N3O3/c1-3-29-16-20-9-11-21(12-10-20)24-22(27)25(2)17-23(28)13-14-26(18-23)15-19-7-5-4-6-8-19/h4-12,28H,3,13-18H2,1-2H3,(H,24,27). The van der Waals surface area contributed by atoms with Gasteiger partial charge in [0.25, 0.3) is 0 Å². The van der Waals surface area contributed by atoms with Crippen molar-refractivity contribution in [1.82, 2.24) is 9.80 Å². The second-order valence-corrected chi connectivity index (χ2v) is 7.79. The molecule has 6 heteroatoms. The van der Waals surface area contributed by atoms with Crippen LogP contribution in [0.2, 0.25) is 0 Å². The number of urea groups is 1. The van der Waals surface area contributed by atoms with E-state index in [1.165, 1.54) is 5.56 Å². The number of ether oxygens (including phenoxy) is 1. The summed E-state index contributed by atoms with van der Waals surface area (Å²) in [7, 11) is 1.72. The Morgan fingerprint density at radius 1 is 1.17 bits per heavy atom. The van der Waals surface area contributed by atoms with Crippen LogP contribution in [0.1, 0.15) is 24.5 Å². The molecular weight excluding hydrogens is 366 g/mol. The largest absolute Gasteiger partial charge is 0.387 e. The Hall–Kier alpha value is -2.41. The fourth-order valence-corrected chi connectivity index (χ4v) is 3.68. The first-order chi connectivity index (χ1) is 14.0. The summed E-state index contributed by atoms with van der Waals surface area (Å²) in [6.45, 7) is 5.70. The number of anilines is 1. The highest BCUT2D eigenvalue weighted by molar-refractivity contribution is 5.89. The lowest BCUT2D eigenvalue weighted by Gasteiger charge is -2.29. The topological polar surface area (TPSA) is 65.0 Å². The number of carbonyl (C=O) groups is 1. The van der Waals surface area contributed by atoms with Gasteiger partial charge in [0.2, 0.25) is 0 Å². The van der Waals surface area contributed by atoms with E-state index in [-0.39, 0.29) is 6.03 Å². The van der Waals surface area contributed by atoms with Gasteiger partial charge in [-0.1, -0.05) is 42.5 Å². The summed E-state index contributed by atoms with van der Waals surface area (Å²) in [5.74, 6) is 0. The van der Waals surface area contributed by atoms with Crippen molar-refractivity contribution in [2.45, 2.75) is 32.1 Å². The molecule has 2 amide bonds. The first-order valence-electron chi connectivity index (χ1n) is 10.1. The SMILES string of the molecule is CCOCc1ccc(NC(=O)N(C)CC2(O)CCN(Cc3ccccc3)C2)cc1. The number of aliphatic hydroxyl groups is 1. The van der Waals surface area contributed by atoms with Crippen LogP contribution in [0.5, 0.6) is 0 Å². The second-order valence-electron chi connectivity index (χ2n) is 7.79. The summed E-state index contributed by atoms with van der Waals surface area (Å²) in [5.41, 5.74) is 2.14. The molecular formula is C23H31N3O3. The van der Waals surface area contributed by atoms with E-state index in [1.807, 2.05) is 49.4 Å². The van der Waals surface area contributed by atoms with Gasteiger partial charge in [-0.15, -0.1) is 0 Å². The number of hydrogen-bond donors (Lipinski definition) is 2. The van der Waals surface area contributed by atoms with E-state index in [1.54, 1.807) is 11.9 Å². The zero-order valence-electron chi connectivity index (χ0n) is 17.3. The highest BCUT2D eigenvalue weighted by Crippen LogP contribution is 2.24. The molecule has 1 unspecified atom stereocenters. The van der Waals surface area contributed by atoms with Crippen LogP contribution in [0.15, 0.2) is 54.6 Å². The average molecular weight is 398 g/mol. The number of amides is 2. The van der Waals surface area contributed by atoms with Crippen LogP contribution in [0, 0.1) is 0 Å². The van der Waals surface area contributed by atoms with Gasteiger partial charge in [-0.2, -0.15) is 0 Å². The van der Waals surface area contributed by atoms with Crippen LogP contribution < -0.4 is 5.32 Å². The number of β-amino-alcohol motifs (C(OH)–C–C–N with tert-alkyl or cyclic N) is 1. The van der Waals surface area contributed by atoms with E-state index in [2.05, 4.69) is 22.3 Å². The van der Waals surface area contributed by atoms with Crippen molar-refractivity contribution in [2.24, 2.45) is 0 Å². The molecule has 0 aromatic heterocycles. The molecule has 1 aliphatic heterocycles. The number of benzene rings is 2. The first-order valence-corrected chi connectivity index (χ1v) is 10.1.